The molecule has 1 aromatic heterocycles. The molecule has 0 spiro atoms. The summed E-state index contributed by atoms with van der Waals surface area (Å²) in [7, 11) is 0. The van der Waals surface area contributed by atoms with Crippen LogP contribution in [-0.2, 0) is 11.3 Å². The van der Waals surface area contributed by atoms with Gasteiger partial charge in [0.05, 0.1) is 5.25 Å². The van der Waals surface area contributed by atoms with Crippen molar-refractivity contribution in [2.75, 3.05) is 0 Å². The van der Waals surface area contributed by atoms with Crippen LogP contribution < -0.4 is 5.32 Å². The van der Waals surface area contributed by atoms with Gasteiger partial charge >= 0.3 is 0 Å². The predicted molar refractivity (Wildman–Crippen MR) is 98.4 cm³/mol. The Hall–Kier alpha value is -2.31. The molecule has 25 heavy (non-hydrogen) atoms. The Morgan fingerprint density at radius 1 is 1.16 bits per heavy atom. The summed E-state index contributed by atoms with van der Waals surface area (Å²) in [5.74, 6) is 0.344. The van der Waals surface area contributed by atoms with Crippen LogP contribution in [0.2, 0.25) is 5.02 Å². The van der Waals surface area contributed by atoms with Gasteiger partial charge in [0.25, 0.3) is 5.22 Å². The number of aromatic nitrogens is 2. The highest BCUT2D eigenvalue weighted by atomic mass is 35.5. The second-order valence-corrected chi connectivity index (χ2v) is 7.07. The number of hydrogen-bond acceptors (Lipinski definition) is 5. The number of hydrogen-bond donors (Lipinski definition) is 1. The number of halogens is 1. The van der Waals surface area contributed by atoms with Gasteiger partial charge in [-0.25, -0.2) is 0 Å². The van der Waals surface area contributed by atoms with Crippen LogP contribution in [0.25, 0.3) is 11.5 Å². The molecule has 1 heterocycles. The first-order valence-corrected chi connectivity index (χ1v) is 8.95. The Kier molecular flexibility index (Phi) is 5.73. The number of carbonyl (C=O) groups excluding carboxylic acids is 1. The van der Waals surface area contributed by atoms with E-state index in [-0.39, 0.29) is 11.2 Å². The van der Waals surface area contributed by atoms with Gasteiger partial charge in [0.2, 0.25) is 11.8 Å². The molecule has 5 nitrogen and oxygen atoms in total. The SMILES string of the molecule is CC(Sc1nnc(-c2ccccc2)o1)C(=O)NCc1ccc(Cl)cc1. The maximum Gasteiger partial charge on any atom is 0.277 e. The minimum atomic E-state index is -0.351. The fourth-order valence-corrected chi connectivity index (χ4v) is 2.93. The molecule has 0 saturated heterocycles. The van der Waals surface area contributed by atoms with E-state index in [9.17, 15) is 4.79 Å². The third kappa shape index (κ3) is 4.84. The van der Waals surface area contributed by atoms with Crippen LogP contribution in [0, 0.1) is 0 Å². The van der Waals surface area contributed by atoms with Crippen molar-refractivity contribution in [2.45, 2.75) is 23.9 Å². The summed E-state index contributed by atoms with van der Waals surface area (Å²) in [6, 6.07) is 16.9. The number of amides is 1. The van der Waals surface area contributed by atoms with Crippen molar-refractivity contribution in [3.63, 3.8) is 0 Å². The Morgan fingerprint density at radius 3 is 2.60 bits per heavy atom. The van der Waals surface area contributed by atoms with E-state index in [4.69, 9.17) is 16.0 Å². The van der Waals surface area contributed by atoms with Gasteiger partial charge in [0.1, 0.15) is 0 Å². The van der Waals surface area contributed by atoms with Crippen molar-refractivity contribution in [3.05, 3.63) is 65.2 Å². The van der Waals surface area contributed by atoms with Crippen LogP contribution in [0.1, 0.15) is 12.5 Å². The minimum absolute atomic E-state index is 0.0978. The second kappa shape index (κ2) is 8.18. The molecule has 0 saturated carbocycles. The predicted octanol–water partition coefficient (Wildman–Crippen LogP) is 4.19. The molecule has 1 amide bonds. The van der Waals surface area contributed by atoms with Gasteiger partial charge in [-0.3, -0.25) is 4.79 Å². The highest BCUT2D eigenvalue weighted by Crippen LogP contribution is 2.26. The summed E-state index contributed by atoms with van der Waals surface area (Å²) in [5, 5.41) is 11.6. The zero-order chi connectivity index (χ0) is 17.6. The maximum absolute atomic E-state index is 12.2. The van der Waals surface area contributed by atoms with E-state index in [1.165, 1.54) is 11.8 Å². The molecule has 2 aromatic carbocycles. The van der Waals surface area contributed by atoms with Crippen LogP contribution in [0.15, 0.2) is 64.2 Å². The number of nitrogens with zero attached hydrogens (tertiary/aromatic N) is 2. The highest BCUT2D eigenvalue weighted by Gasteiger charge is 2.18. The molecule has 1 atom stereocenters. The first-order valence-electron chi connectivity index (χ1n) is 7.69. The Balaban J connectivity index is 1.54. The standard InChI is InChI=1S/C18H16ClN3O2S/c1-12(16(23)20-11-13-7-9-15(19)10-8-13)25-18-22-21-17(24-18)14-5-3-2-4-6-14/h2-10,12H,11H2,1H3,(H,20,23). The normalized spacial score (nSPS) is 11.9. The number of carbonyl (C=O) groups is 1. The lowest BCUT2D eigenvalue weighted by molar-refractivity contribution is -0.120. The molecular formula is C18H16ClN3O2S. The lowest BCUT2D eigenvalue weighted by Crippen LogP contribution is -2.30. The number of rotatable bonds is 6. The van der Waals surface area contributed by atoms with Crippen LogP contribution in [0.4, 0.5) is 0 Å². The minimum Gasteiger partial charge on any atom is -0.411 e. The summed E-state index contributed by atoms with van der Waals surface area (Å²) in [6.45, 7) is 2.24. The summed E-state index contributed by atoms with van der Waals surface area (Å²) in [6.07, 6.45) is 0. The Morgan fingerprint density at radius 2 is 1.88 bits per heavy atom. The van der Waals surface area contributed by atoms with Crippen molar-refractivity contribution in [1.82, 2.24) is 15.5 Å². The second-order valence-electron chi connectivity index (χ2n) is 5.34. The molecule has 128 valence electrons. The molecule has 0 aliphatic rings. The van der Waals surface area contributed by atoms with Gasteiger partial charge < -0.3 is 9.73 Å². The molecule has 0 aliphatic heterocycles. The summed E-state index contributed by atoms with van der Waals surface area (Å²) in [4.78, 5) is 12.2. The molecule has 0 fully saturated rings. The fraction of sp³-hybridized carbons (Fsp3) is 0.167. The average molecular weight is 374 g/mol. The zero-order valence-corrected chi connectivity index (χ0v) is 15.1. The maximum atomic E-state index is 12.2. The van der Waals surface area contributed by atoms with Crippen LogP contribution in [-0.4, -0.2) is 21.4 Å². The van der Waals surface area contributed by atoms with E-state index in [2.05, 4.69) is 15.5 Å². The molecule has 1 unspecified atom stereocenters. The van der Waals surface area contributed by atoms with Crippen molar-refractivity contribution in [2.24, 2.45) is 0 Å². The smallest absolute Gasteiger partial charge is 0.277 e. The van der Waals surface area contributed by atoms with Gasteiger partial charge in [-0.1, -0.05) is 53.7 Å². The van der Waals surface area contributed by atoms with Gasteiger partial charge in [-0.05, 0) is 36.8 Å². The van der Waals surface area contributed by atoms with E-state index in [0.29, 0.717) is 22.7 Å². The fourth-order valence-electron chi connectivity index (χ4n) is 2.09. The zero-order valence-electron chi connectivity index (χ0n) is 13.5. The lowest BCUT2D eigenvalue weighted by atomic mass is 10.2. The van der Waals surface area contributed by atoms with Crippen molar-refractivity contribution in [3.8, 4) is 11.5 Å². The van der Waals surface area contributed by atoms with E-state index >= 15 is 0 Å². The van der Waals surface area contributed by atoms with Gasteiger partial charge in [-0.15, -0.1) is 10.2 Å². The van der Waals surface area contributed by atoms with Crippen LogP contribution in [0.3, 0.4) is 0 Å². The third-order valence-corrected chi connectivity index (χ3v) is 4.64. The summed E-state index contributed by atoms with van der Waals surface area (Å²) in [5.41, 5.74) is 1.83. The van der Waals surface area contributed by atoms with Gasteiger partial charge in [-0.2, -0.15) is 0 Å². The molecule has 3 aromatic rings. The van der Waals surface area contributed by atoms with Crippen molar-refractivity contribution < 1.29 is 9.21 Å². The number of nitrogens with one attached hydrogen (secondary N) is 1. The third-order valence-electron chi connectivity index (χ3n) is 3.45. The highest BCUT2D eigenvalue weighted by molar-refractivity contribution is 8.00. The molecule has 0 aliphatic carbocycles. The molecule has 3 rings (SSSR count). The van der Waals surface area contributed by atoms with E-state index in [1.54, 1.807) is 19.1 Å². The van der Waals surface area contributed by atoms with Crippen LogP contribution in [0.5, 0.6) is 0 Å². The molecule has 7 heteroatoms. The summed E-state index contributed by atoms with van der Waals surface area (Å²) >= 11 is 7.08. The molecule has 0 radical (unpaired) electrons. The lowest BCUT2D eigenvalue weighted by Gasteiger charge is -2.10. The first-order chi connectivity index (χ1) is 12.1. The van der Waals surface area contributed by atoms with Crippen molar-refractivity contribution >= 4 is 29.3 Å². The number of benzene rings is 2. The van der Waals surface area contributed by atoms with E-state index in [0.717, 1.165) is 11.1 Å². The Bertz CT molecular complexity index is 837. The Labute approximate surface area is 154 Å². The number of thioether (sulfide) groups is 1. The average Bonchev–Trinajstić information content (AvgIpc) is 3.10. The topological polar surface area (TPSA) is 68.0 Å². The largest absolute Gasteiger partial charge is 0.411 e. The van der Waals surface area contributed by atoms with Gasteiger partial charge in [0.15, 0.2) is 0 Å². The van der Waals surface area contributed by atoms with Gasteiger partial charge in [0, 0.05) is 17.1 Å². The molecule has 1 N–H and O–H groups in total. The first kappa shape index (κ1) is 17.5. The summed E-state index contributed by atoms with van der Waals surface area (Å²) < 4.78 is 5.61. The quantitative estimate of drug-likeness (QED) is 0.656. The molecular weight excluding hydrogens is 358 g/mol. The van der Waals surface area contributed by atoms with E-state index < -0.39 is 0 Å². The van der Waals surface area contributed by atoms with Crippen molar-refractivity contribution in [1.29, 1.82) is 0 Å². The monoisotopic (exact) mass is 373 g/mol. The molecule has 0 bridgehead atoms. The van der Waals surface area contributed by atoms with Crippen LogP contribution >= 0.6 is 23.4 Å². The van der Waals surface area contributed by atoms with E-state index in [1.807, 2.05) is 42.5 Å².